The number of nitrogens with two attached hydrogens (primary N) is 1. The molecule has 0 bridgehead atoms. The number of anilines is 1. The summed E-state index contributed by atoms with van der Waals surface area (Å²) in [6.45, 7) is 1.90. The summed E-state index contributed by atoms with van der Waals surface area (Å²) in [6.07, 6.45) is 4.38. The summed E-state index contributed by atoms with van der Waals surface area (Å²) in [4.78, 5) is 0. The number of aryl methyl sites for hydroxylation is 1. The second kappa shape index (κ2) is 4.83. The fourth-order valence-electron chi connectivity index (χ4n) is 2.41. The van der Waals surface area contributed by atoms with Gasteiger partial charge < -0.3 is 11.1 Å². The van der Waals surface area contributed by atoms with E-state index in [2.05, 4.69) is 5.32 Å². The fraction of sp³-hybridized carbons (Fsp3) is 0.538. The zero-order chi connectivity index (χ0) is 11.5. The topological polar surface area (TPSA) is 38.0 Å². The summed E-state index contributed by atoms with van der Waals surface area (Å²) in [5.74, 6) is -0.178. The Morgan fingerprint density at radius 2 is 2.12 bits per heavy atom. The summed E-state index contributed by atoms with van der Waals surface area (Å²) in [5, 5.41) is 3.37. The van der Waals surface area contributed by atoms with Crippen molar-refractivity contribution < 1.29 is 4.39 Å². The zero-order valence-corrected chi connectivity index (χ0v) is 9.67. The van der Waals surface area contributed by atoms with Crippen LogP contribution in [-0.2, 0) is 0 Å². The minimum Gasteiger partial charge on any atom is -0.382 e. The molecule has 1 aliphatic carbocycles. The van der Waals surface area contributed by atoms with Gasteiger partial charge in [-0.1, -0.05) is 0 Å². The largest absolute Gasteiger partial charge is 0.382 e. The van der Waals surface area contributed by atoms with Crippen molar-refractivity contribution in [2.75, 3.05) is 5.32 Å². The molecule has 3 N–H and O–H groups in total. The van der Waals surface area contributed by atoms with E-state index < -0.39 is 0 Å². The number of hydrogen-bond acceptors (Lipinski definition) is 2. The number of hydrogen-bond donors (Lipinski definition) is 2. The van der Waals surface area contributed by atoms with Crippen molar-refractivity contribution in [3.63, 3.8) is 0 Å². The predicted molar refractivity (Wildman–Crippen MR) is 65.0 cm³/mol. The van der Waals surface area contributed by atoms with Gasteiger partial charge in [-0.2, -0.15) is 0 Å². The standard InChI is InChI=1S/C13H19FN2/c1-9-5-10(14)7-13(6-9)16-12-4-2-3-11(15)8-12/h5-7,11-12,16H,2-4,8,15H2,1H3. The van der Waals surface area contributed by atoms with Crippen LogP contribution >= 0.6 is 0 Å². The normalized spacial score (nSPS) is 25.4. The SMILES string of the molecule is Cc1cc(F)cc(NC2CCCC(N)C2)c1. The Labute approximate surface area is 96.0 Å². The van der Waals surface area contributed by atoms with Crippen molar-refractivity contribution in [3.8, 4) is 0 Å². The highest BCUT2D eigenvalue weighted by molar-refractivity contribution is 5.46. The molecule has 0 aromatic heterocycles. The van der Waals surface area contributed by atoms with Gasteiger partial charge in [0.15, 0.2) is 0 Å². The van der Waals surface area contributed by atoms with Crippen molar-refractivity contribution in [2.45, 2.75) is 44.7 Å². The molecule has 1 aromatic rings. The molecule has 1 fully saturated rings. The first-order chi connectivity index (χ1) is 7.63. The van der Waals surface area contributed by atoms with Crippen molar-refractivity contribution in [3.05, 3.63) is 29.6 Å². The molecule has 0 amide bonds. The van der Waals surface area contributed by atoms with E-state index in [1.807, 2.05) is 13.0 Å². The first-order valence-electron chi connectivity index (χ1n) is 5.93. The van der Waals surface area contributed by atoms with Crippen molar-refractivity contribution in [1.29, 1.82) is 0 Å². The number of benzene rings is 1. The van der Waals surface area contributed by atoms with Crippen LogP contribution < -0.4 is 11.1 Å². The molecular formula is C13H19FN2. The van der Waals surface area contributed by atoms with Crippen LogP contribution in [0, 0.1) is 12.7 Å². The molecule has 0 saturated heterocycles. The fourth-order valence-corrected chi connectivity index (χ4v) is 2.41. The number of halogens is 1. The molecule has 1 aliphatic rings. The van der Waals surface area contributed by atoms with Crippen LogP contribution in [0.3, 0.4) is 0 Å². The van der Waals surface area contributed by atoms with Gasteiger partial charge in [-0.25, -0.2) is 4.39 Å². The van der Waals surface area contributed by atoms with E-state index >= 15 is 0 Å². The van der Waals surface area contributed by atoms with Crippen molar-refractivity contribution >= 4 is 5.69 Å². The maximum atomic E-state index is 13.2. The van der Waals surface area contributed by atoms with Crippen molar-refractivity contribution in [1.82, 2.24) is 0 Å². The van der Waals surface area contributed by atoms with E-state index in [0.29, 0.717) is 12.1 Å². The first-order valence-corrected chi connectivity index (χ1v) is 5.93. The van der Waals surface area contributed by atoms with Crippen LogP contribution in [-0.4, -0.2) is 12.1 Å². The second-order valence-corrected chi connectivity index (χ2v) is 4.79. The Bertz CT molecular complexity index is 345. The minimum atomic E-state index is -0.178. The van der Waals surface area contributed by atoms with Crippen LogP contribution in [0.5, 0.6) is 0 Å². The molecule has 0 spiro atoms. The number of rotatable bonds is 2. The molecular weight excluding hydrogens is 203 g/mol. The molecule has 2 nitrogen and oxygen atoms in total. The molecule has 3 heteroatoms. The van der Waals surface area contributed by atoms with Gasteiger partial charge in [-0.15, -0.1) is 0 Å². The number of nitrogens with one attached hydrogen (secondary N) is 1. The van der Waals surface area contributed by atoms with E-state index in [1.165, 1.54) is 6.07 Å². The molecule has 88 valence electrons. The Morgan fingerprint density at radius 3 is 2.81 bits per heavy atom. The quantitative estimate of drug-likeness (QED) is 0.807. The zero-order valence-electron chi connectivity index (χ0n) is 9.67. The first kappa shape index (κ1) is 11.4. The van der Waals surface area contributed by atoms with E-state index in [1.54, 1.807) is 6.07 Å². The molecule has 16 heavy (non-hydrogen) atoms. The lowest BCUT2D eigenvalue weighted by molar-refractivity contribution is 0.409. The summed E-state index contributed by atoms with van der Waals surface area (Å²) >= 11 is 0. The third-order valence-electron chi connectivity index (χ3n) is 3.13. The maximum Gasteiger partial charge on any atom is 0.125 e. The van der Waals surface area contributed by atoms with Crippen LogP contribution in [0.2, 0.25) is 0 Å². The van der Waals surface area contributed by atoms with Crippen LogP contribution in [0.4, 0.5) is 10.1 Å². The molecule has 0 heterocycles. The molecule has 2 rings (SSSR count). The van der Waals surface area contributed by atoms with Gasteiger partial charge >= 0.3 is 0 Å². The van der Waals surface area contributed by atoms with E-state index in [4.69, 9.17) is 5.73 Å². The van der Waals surface area contributed by atoms with E-state index in [9.17, 15) is 4.39 Å². The summed E-state index contributed by atoms with van der Waals surface area (Å²) in [5.41, 5.74) is 7.74. The lowest BCUT2D eigenvalue weighted by atomic mass is 9.91. The van der Waals surface area contributed by atoms with Gasteiger partial charge in [0, 0.05) is 17.8 Å². The van der Waals surface area contributed by atoms with E-state index in [-0.39, 0.29) is 5.82 Å². The van der Waals surface area contributed by atoms with Gasteiger partial charge in [0.05, 0.1) is 0 Å². The predicted octanol–water partition coefficient (Wildman–Crippen LogP) is 2.82. The Kier molecular flexibility index (Phi) is 3.44. The maximum absolute atomic E-state index is 13.2. The second-order valence-electron chi connectivity index (χ2n) is 4.79. The van der Waals surface area contributed by atoms with Gasteiger partial charge in [0.1, 0.15) is 5.82 Å². The average molecular weight is 222 g/mol. The third kappa shape index (κ3) is 2.95. The molecule has 2 unspecified atom stereocenters. The van der Waals surface area contributed by atoms with Crippen LogP contribution in [0.25, 0.3) is 0 Å². The highest BCUT2D eigenvalue weighted by Crippen LogP contribution is 2.22. The lowest BCUT2D eigenvalue weighted by Crippen LogP contribution is -2.34. The third-order valence-corrected chi connectivity index (χ3v) is 3.13. The molecule has 1 aromatic carbocycles. The molecule has 1 saturated carbocycles. The van der Waals surface area contributed by atoms with Gasteiger partial charge in [0.2, 0.25) is 0 Å². The summed E-state index contributed by atoms with van der Waals surface area (Å²) in [6, 6.07) is 5.75. The van der Waals surface area contributed by atoms with E-state index in [0.717, 1.165) is 36.9 Å². The van der Waals surface area contributed by atoms with Gasteiger partial charge in [0.25, 0.3) is 0 Å². The Balaban J connectivity index is 2.02. The Morgan fingerprint density at radius 1 is 1.31 bits per heavy atom. The van der Waals surface area contributed by atoms with Gasteiger partial charge in [-0.3, -0.25) is 0 Å². The minimum absolute atomic E-state index is 0.178. The molecule has 2 atom stereocenters. The average Bonchev–Trinajstić information content (AvgIpc) is 2.15. The van der Waals surface area contributed by atoms with Gasteiger partial charge in [-0.05, 0) is 56.4 Å². The smallest absolute Gasteiger partial charge is 0.125 e. The summed E-state index contributed by atoms with van der Waals surface area (Å²) < 4.78 is 13.2. The Hall–Kier alpha value is -1.09. The van der Waals surface area contributed by atoms with Crippen LogP contribution in [0.1, 0.15) is 31.2 Å². The highest BCUT2D eigenvalue weighted by atomic mass is 19.1. The molecule has 0 aliphatic heterocycles. The molecule has 0 radical (unpaired) electrons. The lowest BCUT2D eigenvalue weighted by Gasteiger charge is -2.28. The van der Waals surface area contributed by atoms with Crippen LogP contribution in [0.15, 0.2) is 18.2 Å². The highest BCUT2D eigenvalue weighted by Gasteiger charge is 2.18. The summed E-state index contributed by atoms with van der Waals surface area (Å²) in [7, 11) is 0. The van der Waals surface area contributed by atoms with Crippen molar-refractivity contribution in [2.24, 2.45) is 5.73 Å². The monoisotopic (exact) mass is 222 g/mol.